The lowest BCUT2D eigenvalue weighted by molar-refractivity contribution is -0.154. The average Bonchev–Trinajstić information content (AvgIpc) is 3.58. The van der Waals surface area contributed by atoms with Gasteiger partial charge in [0.15, 0.2) is 27.3 Å². The molecule has 0 saturated heterocycles. The van der Waals surface area contributed by atoms with Crippen LogP contribution in [0.1, 0.15) is 56.6 Å². The molecule has 0 N–H and O–H groups in total. The van der Waals surface area contributed by atoms with Crippen LogP contribution in [0.3, 0.4) is 0 Å². The third kappa shape index (κ3) is 10.0. The number of anilines is 2. The van der Waals surface area contributed by atoms with Crippen LogP contribution in [0.5, 0.6) is 0 Å². The summed E-state index contributed by atoms with van der Waals surface area (Å²) in [5.74, 6) is 0.253. The maximum absolute atomic E-state index is 12.4. The first-order valence-corrected chi connectivity index (χ1v) is 20.8. The van der Waals surface area contributed by atoms with E-state index in [1.807, 2.05) is 50.8 Å². The Morgan fingerprint density at radius 3 is 2.59 bits per heavy atom. The maximum atomic E-state index is 12.4. The second-order valence-electron chi connectivity index (χ2n) is 13.0. The highest BCUT2D eigenvalue weighted by Crippen LogP contribution is 2.30. The first-order chi connectivity index (χ1) is 21.7. The van der Waals surface area contributed by atoms with Crippen LogP contribution in [0.4, 0.5) is 16.8 Å². The van der Waals surface area contributed by atoms with Crippen LogP contribution in [-0.2, 0) is 25.7 Å². The minimum absolute atomic E-state index is 0.218. The standard InChI is InChI=1S/C32H44N6O5S2Si/c1-9-42-29(40)23-20-44-30(33-23)37(16-12-15-27(39)43-32(3,4)5)26-19-22(2)28(36-35-26)34-31-38(21-41-17-18-46(6,7)8)24-13-10-11-14-25(24)45-31/h10-11,13-14,19-20H,9,12,15-18,21H2,1-8H3/b34-31-. The molecule has 0 bridgehead atoms. The van der Waals surface area contributed by atoms with E-state index < -0.39 is 19.6 Å². The van der Waals surface area contributed by atoms with Gasteiger partial charge in [-0.2, -0.15) is 4.99 Å². The van der Waals surface area contributed by atoms with E-state index in [9.17, 15) is 9.59 Å². The van der Waals surface area contributed by atoms with Crippen molar-refractivity contribution in [3.63, 3.8) is 0 Å². The third-order valence-electron chi connectivity index (χ3n) is 6.62. The highest BCUT2D eigenvalue weighted by molar-refractivity contribution is 7.16. The zero-order valence-electron chi connectivity index (χ0n) is 28.0. The van der Waals surface area contributed by atoms with E-state index in [0.717, 1.165) is 26.6 Å². The van der Waals surface area contributed by atoms with Gasteiger partial charge in [-0.05, 0) is 70.8 Å². The van der Waals surface area contributed by atoms with Gasteiger partial charge in [-0.3, -0.25) is 9.36 Å². The smallest absolute Gasteiger partial charge is 0.357 e. The van der Waals surface area contributed by atoms with E-state index in [1.54, 1.807) is 23.6 Å². The first kappa shape index (κ1) is 35.4. The van der Waals surface area contributed by atoms with Gasteiger partial charge in [0.2, 0.25) is 0 Å². The number of nitrogens with zero attached hydrogens (tertiary/aromatic N) is 6. The van der Waals surface area contributed by atoms with E-state index >= 15 is 0 Å². The second kappa shape index (κ2) is 15.4. The van der Waals surface area contributed by atoms with Crippen molar-refractivity contribution in [1.82, 2.24) is 19.7 Å². The summed E-state index contributed by atoms with van der Waals surface area (Å²) in [4.78, 5) is 36.8. The van der Waals surface area contributed by atoms with Gasteiger partial charge in [-0.15, -0.1) is 21.5 Å². The number of esters is 2. The number of aromatic nitrogens is 4. The summed E-state index contributed by atoms with van der Waals surface area (Å²) < 4.78 is 19.9. The minimum Gasteiger partial charge on any atom is -0.461 e. The summed E-state index contributed by atoms with van der Waals surface area (Å²) in [6.45, 7) is 18.0. The van der Waals surface area contributed by atoms with Crippen molar-refractivity contribution in [1.29, 1.82) is 0 Å². The van der Waals surface area contributed by atoms with Crippen LogP contribution in [0, 0.1) is 6.92 Å². The molecule has 0 atom stereocenters. The SMILES string of the molecule is CCOC(=O)c1csc(N(CCCC(=O)OC(C)(C)C)c2cc(C)c(/N=c3\sc4ccccc4n3COCC[Si](C)(C)C)nn2)n1. The molecule has 0 saturated carbocycles. The molecule has 0 aliphatic carbocycles. The van der Waals surface area contributed by atoms with E-state index in [4.69, 9.17) is 19.2 Å². The van der Waals surface area contributed by atoms with Gasteiger partial charge in [0.1, 0.15) is 12.3 Å². The second-order valence-corrected chi connectivity index (χ2v) is 20.5. The molecule has 0 fully saturated rings. The minimum atomic E-state index is -1.21. The van der Waals surface area contributed by atoms with Crippen molar-refractivity contribution in [2.75, 3.05) is 24.7 Å². The number of thiazole rings is 2. The molecule has 14 heteroatoms. The Hall–Kier alpha value is -3.46. The van der Waals surface area contributed by atoms with E-state index in [1.165, 1.54) is 11.3 Å². The van der Waals surface area contributed by atoms with Gasteiger partial charge in [-0.1, -0.05) is 43.1 Å². The number of fused-ring (bicyclic) bond motifs is 1. The van der Waals surface area contributed by atoms with Crippen LogP contribution >= 0.6 is 22.7 Å². The molecule has 0 spiro atoms. The average molecular weight is 685 g/mol. The molecular weight excluding hydrogens is 641 g/mol. The Labute approximate surface area is 279 Å². The van der Waals surface area contributed by atoms with Crippen molar-refractivity contribution >= 4 is 69.7 Å². The molecule has 3 aromatic heterocycles. The van der Waals surface area contributed by atoms with E-state index in [0.29, 0.717) is 43.1 Å². The molecule has 0 aliphatic heterocycles. The van der Waals surface area contributed by atoms with Gasteiger partial charge < -0.3 is 19.1 Å². The molecule has 3 heterocycles. The Bertz CT molecular complexity index is 1720. The fourth-order valence-corrected chi connectivity index (χ4v) is 6.94. The Morgan fingerprint density at radius 1 is 1.13 bits per heavy atom. The largest absolute Gasteiger partial charge is 0.461 e. The summed E-state index contributed by atoms with van der Waals surface area (Å²) >= 11 is 2.87. The molecule has 1 aromatic carbocycles. The highest BCUT2D eigenvalue weighted by Gasteiger charge is 2.22. The molecule has 0 unspecified atom stereocenters. The third-order valence-corrected chi connectivity index (χ3v) is 10.2. The van der Waals surface area contributed by atoms with Crippen LogP contribution < -0.4 is 9.70 Å². The lowest BCUT2D eigenvalue weighted by Crippen LogP contribution is -2.25. The van der Waals surface area contributed by atoms with E-state index in [2.05, 4.69) is 51.5 Å². The molecule has 248 valence electrons. The Kier molecular flexibility index (Phi) is 11.9. The topological polar surface area (TPSA) is 121 Å². The molecule has 0 amide bonds. The summed E-state index contributed by atoms with van der Waals surface area (Å²) in [5.41, 5.74) is 1.53. The molecular formula is C32H44N6O5S2Si. The molecule has 0 aliphatic rings. The molecule has 4 aromatic rings. The summed E-state index contributed by atoms with van der Waals surface area (Å²) in [6, 6.07) is 11.2. The van der Waals surface area contributed by atoms with Crippen molar-refractivity contribution in [3.05, 3.63) is 51.8 Å². The van der Waals surface area contributed by atoms with Gasteiger partial charge >= 0.3 is 11.9 Å². The fraction of sp³-hybridized carbons (Fsp3) is 0.500. The summed E-state index contributed by atoms with van der Waals surface area (Å²) in [7, 11) is -1.21. The van der Waals surface area contributed by atoms with Crippen LogP contribution in [-0.4, -0.2) is 65.1 Å². The maximum Gasteiger partial charge on any atom is 0.357 e. The van der Waals surface area contributed by atoms with Crippen LogP contribution in [0.15, 0.2) is 40.7 Å². The Morgan fingerprint density at radius 2 is 1.89 bits per heavy atom. The first-order valence-electron chi connectivity index (χ1n) is 15.4. The summed E-state index contributed by atoms with van der Waals surface area (Å²) in [6.07, 6.45) is 0.700. The number of aryl methyl sites for hydroxylation is 1. The van der Waals surface area contributed by atoms with Gasteiger partial charge in [-0.25, -0.2) is 9.78 Å². The molecule has 11 nitrogen and oxygen atoms in total. The van der Waals surface area contributed by atoms with Crippen molar-refractivity contribution in [2.24, 2.45) is 4.99 Å². The lowest BCUT2D eigenvalue weighted by atomic mass is 10.2. The number of carbonyl (C=O) groups excluding carboxylic acids is 2. The number of hydrogen-bond donors (Lipinski definition) is 0. The van der Waals surface area contributed by atoms with Gasteiger partial charge in [0.25, 0.3) is 0 Å². The number of ether oxygens (including phenoxy) is 3. The fourth-order valence-electron chi connectivity index (χ4n) is 4.33. The number of carbonyl (C=O) groups is 2. The summed E-state index contributed by atoms with van der Waals surface area (Å²) in [5, 5.41) is 11.2. The monoisotopic (exact) mass is 684 g/mol. The molecule has 46 heavy (non-hydrogen) atoms. The van der Waals surface area contributed by atoms with Crippen molar-refractivity contribution < 1.29 is 23.8 Å². The predicted molar refractivity (Wildman–Crippen MR) is 186 cm³/mol. The van der Waals surface area contributed by atoms with Crippen LogP contribution in [0.25, 0.3) is 10.2 Å². The number of benzene rings is 1. The zero-order valence-corrected chi connectivity index (χ0v) is 30.6. The van der Waals surface area contributed by atoms with Crippen LogP contribution in [0.2, 0.25) is 25.7 Å². The number of para-hydroxylation sites is 1. The highest BCUT2D eigenvalue weighted by atomic mass is 32.1. The zero-order chi connectivity index (χ0) is 33.5. The van der Waals surface area contributed by atoms with E-state index in [-0.39, 0.29) is 24.7 Å². The number of rotatable bonds is 14. The predicted octanol–water partition coefficient (Wildman–Crippen LogP) is 7.24. The van der Waals surface area contributed by atoms with Crippen molar-refractivity contribution in [3.8, 4) is 0 Å². The van der Waals surface area contributed by atoms with Gasteiger partial charge in [0.05, 0.1) is 16.8 Å². The van der Waals surface area contributed by atoms with Gasteiger partial charge in [0, 0.05) is 33.0 Å². The number of hydrogen-bond acceptors (Lipinski definition) is 12. The normalized spacial score (nSPS) is 12.5. The molecule has 0 radical (unpaired) electrons. The van der Waals surface area contributed by atoms with Crippen molar-refractivity contribution in [2.45, 2.75) is 85.5 Å². The quantitative estimate of drug-likeness (QED) is 0.0769. The Balaban J connectivity index is 1.63. The lowest BCUT2D eigenvalue weighted by Gasteiger charge is -2.22. The molecule has 4 rings (SSSR count).